The van der Waals surface area contributed by atoms with E-state index in [1.165, 1.54) is 7.11 Å². The molecule has 0 unspecified atom stereocenters. The minimum Gasteiger partial charge on any atom is -0.486 e. The fourth-order valence-electron chi connectivity index (χ4n) is 1.53. The summed E-state index contributed by atoms with van der Waals surface area (Å²) in [4.78, 5) is 11.4. The van der Waals surface area contributed by atoms with Gasteiger partial charge in [0.15, 0.2) is 11.5 Å². The highest BCUT2D eigenvalue weighted by atomic mass is 16.6. The molecule has 0 bridgehead atoms. The number of amides is 1. The van der Waals surface area contributed by atoms with E-state index >= 15 is 0 Å². The number of fused-ring (bicyclic) bond motifs is 1. The van der Waals surface area contributed by atoms with E-state index in [0.717, 1.165) is 0 Å². The molecule has 1 aliphatic rings. The second-order valence-electron chi connectivity index (χ2n) is 3.56. The highest BCUT2D eigenvalue weighted by Gasteiger charge is 2.15. The summed E-state index contributed by atoms with van der Waals surface area (Å²) < 4.78 is 15.5. The van der Waals surface area contributed by atoms with Gasteiger partial charge in [0.1, 0.15) is 19.8 Å². The van der Waals surface area contributed by atoms with E-state index in [1.54, 1.807) is 12.1 Å². The summed E-state index contributed by atoms with van der Waals surface area (Å²) in [5.74, 6) is 0.910. The van der Waals surface area contributed by atoms with Crippen molar-refractivity contribution in [3.63, 3.8) is 0 Å². The van der Waals surface area contributed by atoms with E-state index < -0.39 is 0 Å². The van der Waals surface area contributed by atoms with Crippen molar-refractivity contribution in [1.82, 2.24) is 0 Å². The number of methoxy groups -OCH3 is 1. The van der Waals surface area contributed by atoms with Gasteiger partial charge in [0.2, 0.25) is 5.91 Å². The first-order valence-corrected chi connectivity index (χ1v) is 5.18. The van der Waals surface area contributed by atoms with Crippen LogP contribution in [0.4, 0.5) is 11.4 Å². The predicted molar refractivity (Wildman–Crippen MR) is 62.4 cm³/mol. The maximum absolute atomic E-state index is 11.4. The van der Waals surface area contributed by atoms with Crippen LogP contribution in [-0.4, -0.2) is 32.8 Å². The highest BCUT2D eigenvalue weighted by molar-refractivity contribution is 5.95. The summed E-state index contributed by atoms with van der Waals surface area (Å²) in [5.41, 5.74) is 6.72. The molecule has 92 valence electrons. The smallest absolute Gasteiger partial charge is 0.250 e. The minimum absolute atomic E-state index is 0.0200. The minimum atomic E-state index is -0.268. The number of ether oxygens (including phenoxy) is 3. The van der Waals surface area contributed by atoms with Crippen molar-refractivity contribution in [2.45, 2.75) is 0 Å². The molecule has 1 heterocycles. The second-order valence-corrected chi connectivity index (χ2v) is 3.56. The largest absolute Gasteiger partial charge is 0.486 e. The molecule has 0 radical (unpaired) electrons. The molecule has 0 aliphatic carbocycles. The number of hydrogen-bond donors (Lipinski definition) is 2. The Morgan fingerprint density at radius 2 is 2.06 bits per heavy atom. The monoisotopic (exact) mass is 238 g/mol. The van der Waals surface area contributed by atoms with Gasteiger partial charge in [0, 0.05) is 19.2 Å². The van der Waals surface area contributed by atoms with Crippen LogP contribution in [0.3, 0.4) is 0 Å². The Morgan fingerprint density at radius 3 is 2.71 bits per heavy atom. The second kappa shape index (κ2) is 4.92. The van der Waals surface area contributed by atoms with Crippen LogP contribution in [0.1, 0.15) is 0 Å². The van der Waals surface area contributed by atoms with E-state index in [-0.39, 0.29) is 12.5 Å². The molecule has 1 aromatic carbocycles. The topological polar surface area (TPSA) is 82.8 Å². The third-order valence-electron chi connectivity index (χ3n) is 2.26. The summed E-state index contributed by atoms with van der Waals surface area (Å²) in [6.07, 6.45) is 0. The molecule has 1 amide bonds. The number of anilines is 2. The van der Waals surface area contributed by atoms with E-state index in [0.29, 0.717) is 36.1 Å². The number of nitrogens with one attached hydrogen (secondary N) is 1. The van der Waals surface area contributed by atoms with Crippen LogP contribution in [-0.2, 0) is 9.53 Å². The van der Waals surface area contributed by atoms with Gasteiger partial charge in [-0.15, -0.1) is 0 Å². The zero-order valence-electron chi connectivity index (χ0n) is 9.49. The van der Waals surface area contributed by atoms with Gasteiger partial charge < -0.3 is 25.3 Å². The van der Waals surface area contributed by atoms with Crippen LogP contribution >= 0.6 is 0 Å². The van der Waals surface area contributed by atoms with Crippen molar-refractivity contribution in [3.8, 4) is 11.5 Å². The Balaban J connectivity index is 2.19. The fraction of sp³-hybridized carbons (Fsp3) is 0.364. The molecule has 6 nitrogen and oxygen atoms in total. The van der Waals surface area contributed by atoms with Gasteiger partial charge in [0.25, 0.3) is 0 Å². The predicted octanol–water partition coefficient (Wildman–Crippen LogP) is 0.625. The summed E-state index contributed by atoms with van der Waals surface area (Å²) in [5, 5.41) is 2.64. The Hall–Kier alpha value is -1.95. The zero-order valence-corrected chi connectivity index (χ0v) is 9.49. The van der Waals surface area contributed by atoms with Crippen LogP contribution in [0.2, 0.25) is 0 Å². The number of nitrogens with two attached hydrogens (primary N) is 1. The number of hydrogen-bond acceptors (Lipinski definition) is 5. The number of carbonyl (C=O) groups is 1. The molecule has 0 aromatic heterocycles. The van der Waals surface area contributed by atoms with Crippen LogP contribution in [0.15, 0.2) is 12.1 Å². The number of benzene rings is 1. The van der Waals surface area contributed by atoms with Gasteiger partial charge in [0.05, 0.1) is 11.4 Å². The SMILES string of the molecule is COCC(=O)Nc1cc2c(cc1N)OCCO2. The van der Waals surface area contributed by atoms with Crippen molar-refractivity contribution >= 4 is 17.3 Å². The van der Waals surface area contributed by atoms with Crippen LogP contribution in [0, 0.1) is 0 Å². The van der Waals surface area contributed by atoms with Gasteiger partial charge >= 0.3 is 0 Å². The van der Waals surface area contributed by atoms with Crippen molar-refractivity contribution in [2.75, 3.05) is 38.0 Å². The molecule has 17 heavy (non-hydrogen) atoms. The molecule has 1 aliphatic heterocycles. The third-order valence-corrected chi connectivity index (χ3v) is 2.26. The molecular formula is C11H14N2O4. The first-order valence-electron chi connectivity index (χ1n) is 5.18. The van der Waals surface area contributed by atoms with Crippen LogP contribution < -0.4 is 20.5 Å². The Labute approximate surface area is 98.6 Å². The number of nitrogen functional groups attached to an aromatic ring is 1. The Morgan fingerprint density at radius 1 is 1.41 bits per heavy atom. The maximum atomic E-state index is 11.4. The van der Waals surface area contributed by atoms with Crippen molar-refractivity contribution < 1.29 is 19.0 Å². The average Bonchev–Trinajstić information content (AvgIpc) is 2.30. The van der Waals surface area contributed by atoms with Gasteiger partial charge in [-0.1, -0.05) is 0 Å². The Bertz CT molecular complexity index is 434. The molecular weight excluding hydrogens is 224 g/mol. The summed E-state index contributed by atoms with van der Waals surface area (Å²) in [6.45, 7) is 0.970. The van der Waals surface area contributed by atoms with Crippen molar-refractivity contribution in [1.29, 1.82) is 0 Å². The summed E-state index contributed by atoms with van der Waals surface area (Å²) in [6, 6.07) is 3.29. The van der Waals surface area contributed by atoms with Gasteiger partial charge in [-0.05, 0) is 0 Å². The van der Waals surface area contributed by atoms with E-state index in [1.807, 2.05) is 0 Å². The van der Waals surface area contributed by atoms with Gasteiger partial charge in [-0.3, -0.25) is 4.79 Å². The molecule has 3 N–H and O–H groups in total. The lowest BCUT2D eigenvalue weighted by atomic mass is 10.2. The van der Waals surface area contributed by atoms with E-state index in [2.05, 4.69) is 5.32 Å². The lowest BCUT2D eigenvalue weighted by molar-refractivity contribution is -0.119. The Kier molecular flexibility index (Phi) is 3.34. The quantitative estimate of drug-likeness (QED) is 0.754. The zero-order chi connectivity index (χ0) is 12.3. The third kappa shape index (κ3) is 2.59. The van der Waals surface area contributed by atoms with Crippen molar-refractivity contribution in [2.24, 2.45) is 0 Å². The molecule has 0 atom stereocenters. The lowest BCUT2D eigenvalue weighted by Crippen LogP contribution is -2.19. The normalized spacial score (nSPS) is 13.2. The highest BCUT2D eigenvalue weighted by Crippen LogP contribution is 2.36. The standard InChI is InChI=1S/C11H14N2O4/c1-15-6-11(14)13-8-5-10-9(4-7(8)12)16-2-3-17-10/h4-5H,2-3,6,12H2,1H3,(H,13,14). The molecule has 1 aromatic rings. The summed E-state index contributed by atoms with van der Waals surface area (Å²) in [7, 11) is 1.45. The molecule has 6 heteroatoms. The molecule has 0 fully saturated rings. The van der Waals surface area contributed by atoms with Crippen LogP contribution in [0.25, 0.3) is 0 Å². The van der Waals surface area contributed by atoms with E-state index in [4.69, 9.17) is 19.9 Å². The van der Waals surface area contributed by atoms with Crippen molar-refractivity contribution in [3.05, 3.63) is 12.1 Å². The maximum Gasteiger partial charge on any atom is 0.250 e. The summed E-state index contributed by atoms with van der Waals surface area (Å²) >= 11 is 0. The molecule has 0 saturated heterocycles. The van der Waals surface area contributed by atoms with E-state index in [9.17, 15) is 4.79 Å². The average molecular weight is 238 g/mol. The number of carbonyl (C=O) groups excluding carboxylic acids is 1. The lowest BCUT2D eigenvalue weighted by Gasteiger charge is -2.20. The molecule has 2 rings (SSSR count). The van der Waals surface area contributed by atoms with Gasteiger partial charge in [-0.2, -0.15) is 0 Å². The molecule has 0 spiro atoms. The first kappa shape index (κ1) is 11.5. The number of rotatable bonds is 3. The fourth-order valence-corrected chi connectivity index (χ4v) is 1.53. The molecule has 0 saturated carbocycles. The van der Waals surface area contributed by atoms with Gasteiger partial charge in [-0.25, -0.2) is 0 Å². The van der Waals surface area contributed by atoms with Crippen LogP contribution in [0.5, 0.6) is 11.5 Å². The first-order chi connectivity index (χ1) is 8.20.